The molecule has 9 unspecified atom stereocenters. The van der Waals surface area contributed by atoms with Crippen LogP contribution < -0.4 is 59.3 Å². The van der Waals surface area contributed by atoms with Crippen LogP contribution in [-0.2, 0) is 67.2 Å². The number of aromatic hydroxyl groups is 1. The highest BCUT2D eigenvalue weighted by Gasteiger charge is 2.37. The fourth-order valence-electron chi connectivity index (χ4n) is 10.3. The SMILES string of the molecule is CC(C)CC(NC(=O)C(CC(C)C)NC(=O)C(Cc1ccc(O)cc1)NC(=O)C(CO)NC(=O)C(Cc1c[nH]c2ccccc12)NC(=O)C(Cc1cnc[nH]1)NC(=O)C1CCC(=O)N1)C(=O)NC(C)CCCN=C(N)N.CNC(=O)C1CCCN1C(C)=O. The maximum absolute atomic E-state index is 14.5. The number of rotatable bonds is 30. The van der Waals surface area contributed by atoms with E-state index in [0.29, 0.717) is 42.8 Å². The lowest BCUT2D eigenvalue weighted by Gasteiger charge is -2.28. The first-order chi connectivity index (χ1) is 41.8. The standard InChI is InChI=1S/C52H74N14O10.C8H14N2O2/c1-28(2)19-38(46(71)59-30(5)9-8-18-56-52(53)54)61-47(72)39(20-29(3)4)62-48(73)40(21-31-12-14-34(68)15-13-31)63-51(76)43(26-67)66-49(74)41(22-32-24-57-36-11-7-6-10-35(32)36)64-50(75)42(23-33-25-55-27-58-33)65-45(70)37-16-17-44(69)60-37;1-6(11)10-5-3-4-7(10)8(12)9-2/h6-7,10-15,24-25,27-30,37-43,57,67-68H,8-9,16-23,26H2,1-5H3,(H,55,58)(H,59,71)(H,60,69)(H,61,72)(H,62,73)(H,63,76)(H,64,75)(H,65,70)(H,66,74)(H4,53,54,56);7H,3-5H2,1-2H3,(H,9,12). The van der Waals surface area contributed by atoms with Crippen LogP contribution in [0, 0.1) is 11.8 Å². The predicted molar refractivity (Wildman–Crippen MR) is 327 cm³/mol. The van der Waals surface area contributed by atoms with Crippen molar-refractivity contribution < 1.29 is 58.2 Å². The number of aromatic amines is 2. The lowest BCUT2D eigenvalue weighted by Crippen LogP contribution is -2.61. The van der Waals surface area contributed by atoms with Crippen LogP contribution in [0.15, 0.2) is 72.2 Å². The molecule has 2 aliphatic rings. The van der Waals surface area contributed by atoms with E-state index in [1.54, 1.807) is 24.2 Å². The number of aliphatic imine (C=N–C) groups is 1. The first-order valence-electron chi connectivity index (χ1n) is 29.7. The molecule has 2 aliphatic heterocycles. The summed E-state index contributed by atoms with van der Waals surface area (Å²) in [6.07, 6.45) is 7.79. The summed E-state index contributed by atoms with van der Waals surface area (Å²) < 4.78 is 0. The van der Waals surface area contributed by atoms with E-state index in [4.69, 9.17) is 11.5 Å². The Bertz CT molecular complexity index is 3040. The van der Waals surface area contributed by atoms with Crippen molar-refractivity contribution in [2.45, 2.75) is 167 Å². The van der Waals surface area contributed by atoms with E-state index in [1.807, 2.05) is 52.8 Å². The van der Waals surface area contributed by atoms with Crippen molar-refractivity contribution in [2.75, 3.05) is 26.7 Å². The number of amides is 10. The Hall–Kier alpha value is -9.08. The van der Waals surface area contributed by atoms with Crippen LogP contribution in [0.4, 0.5) is 0 Å². The zero-order valence-electron chi connectivity index (χ0n) is 51.1. The van der Waals surface area contributed by atoms with Crippen LogP contribution in [0.25, 0.3) is 10.9 Å². The summed E-state index contributed by atoms with van der Waals surface area (Å²) in [5, 5.41) is 45.7. The number of nitrogens with two attached hydrogens (primary N) is 2. The van der Waals surface area contributed by atoms with E-state index in [1.165, 1.54) is 43.7 Å². The van der Waals surface area contributed by atoms with Gasteiger partial charge >= 0.3 is 0 Å². The lowest BCUT2D eigenvalue weighted by atomic mass is 9.99. The number of phenolic OH excluding ortho intramolecular Hbond substituents is 1. The van der Waals surface area contributed by atoms with Gasteiger partial charge in [-0.1, -0.05) is 58.0 Å². The number of carbonyl (C=O) groups is 10. The second-order valence-electron chi connectivity index (χ2n) is 23.0. The number of hydrogen-bond donors (Lipinski definition) is 15. The quantitative estimate of drug-likeness (QED) is 0.0173. The van der Waals surface area contributed by atoms with Crippen molar-refractivity contribution in [2.24, 2.45) is 28.3 Å². The summed E-state index contributed by atoms with van der Waals surface area (Å²) in [6.45, 7) is 11.0. The Morgan fingerprint density at radius 1 is 0.705 bits per heavy atom. The summed E-state index contributed by atoms with van der Waals surface area (Å²) in [6, 6.07) is 3.73. The van der Waals surface area contributed by atoms with Crippen LogP contribution in [-0.4, -0.2) is 176 Å². The number of imidazole rings is 1. The number of para-hydroxylation sites is 1. The molecule has 4 heterocycles. The van der Waals surface area contributed by atoms with Crippen LogP contribution in [0.2, 0.25) is 0 Å². The maximum Gasteiger partial charge on any atom is 0.245 e. The highest BCUT2D eigenvalue weighted by molar-refractivity contribution is 5.99. The number of aliphatic hydroxyl groups is 1. The average molecular weight is 1230 g/mol. The predicted octanol–water partition coefficient (Wildman–Crippen LogP) is -0.802. The van der Waals surface area contributed by atoms with Crippen LogP contribution in [0.5, 0.6) is 5.75 Å². The highest BCUT2D eigenvalue weighted by atomic mass is 16.3. The molecule has 0 saturated carbocycles. The van der Waals surface area contributed by atoms with Crippen molar-refractivity contribution in [1.82, 2.24) is 67.7 Å². The molecule has 480 valence electrons. The molecular weight excluding hydrogens is 1140 g/mol. The van der Waals surface area contributed by atoms with Gasteiger partial charge in [-0.2, -0.15) is 0 Å². The Balaban J connectivity index is 0.00000105. The molecule has 88 heavy (non-hydrogen) atoms. The van der Waals surface area contributed by atoms with Crippen molar-refractivity contribution in [3.05, 3.63) is 84.1 Å². The van der Waals surface area contributed by atoms with Gasteiger partial charge in [-0.15, -0.1) is 0 Å². The van der Waals surface area contributed by atoms with E-state index >= 15 is 0 Å². The van der Waals surface area contributed by atoms with Crippen molar-refractivity contribution >= 4 is 75.9 Å². The van der Waals surface area contributed by atoms with Gasteiger partial charge in [-0.05, 0) is 93.0 Å². The van der Waals surface area contributed by atoms with E-state index in [2.05, 4.69) is 67.8 Å². The molecule has 2 aromatic heterocycles. The topological polar surface area (TPSA) is 432 Å². The smallest absolute Gasteiger partial charge is 0.245 e. The Labute approximate surface area is 511 Å². The van der Waals surface area contributed by atoms with Gasteiger partial charge in [0.1, 0.15) is 54.1 Å². The summed E-state index contributed by atoms with van der Waals surface area (Å²) in [5.74, 6) is -5.79. The molecule has 2 aromatic carbocycles. The van der Waals surface area contributed by atoms with E-state index in [0.717, 1.165) is 23.7 Å². The summed E-state index contributed by atoms with van der Waals surface area (Å²) in [5.41, 5.74) is 13.2. The number of nitrogens with one attached hydrogen (secondary N) is 11. The second kappa shape index (κ2) is 34.3. The molecule has 0 aliphatic carbocycles. The Morgan fingerprint density at radius 2 is 1.27 bits per heavy atom. The number of nitrogens with zero attached hydrogens (tertiary/aromatic N) is 3. The van der Waals surface area contributed by atoms with Gasteiger partial charge in [-0.25, -0.2) is 4.98 Å². The third-order valence-corrected chi connectivity index (χ3v) is 14.8. The molecule has 0 spiro atoms. The van der Waals surface area contributed by atoms with Crippen LogP contribution in [0.1, 0.15) is 110 Å². The minimum absolute atomic E-state index is 0.0125. The minimum atomic E-state index is -1.70. The van der Waals surface area contributed by atoms with Crippen LogP contribution >= 0.6 is 0 Å². The van der Waals surface area contributed by atoms with Gasteiger partial charge in [0.05, 0.1) is 12.9 Å². The number of guanidine groups is 1. The number of likely N-dealkylation sites (tertiary alicyclic amines) is 1. The van der Waals surface area contributed by atoms with Gasteiger partial charge in [0, 0.05) is 87.8 Å². The van der Waals surface area contributed by atoms with Gasteiger partial charge in [0.2, 0.25) is 59.1 Å². The normalized spacial score (nSPS) is 16.9. The zero-order chi connectivity index (χ0) is 64.6. The van der Waals surface area contributed by atoms with Gasteiger partial charge in [-0.3, -0.25) is 52.9 Å². The number of aromatic nitrogens is 3. The number of H-pyrrole nitrogens is 2. The summed E-state index contributed by atoms with van der Waals surface area (Å²) >= 11 is 0. The van der Waals surface area contributed by atoms with Gasteiger partial charge in [0.25, 0.3) is 0 Å². The minimum Gasteiger partial charge on any atom is -0.508 e. The summed E-state index contributed by atoms with van der Waals surface area (Å²) in [4.78, 5) is 148. The van der Waals surface area contributed by atoms with Crippen molar-refractivity contribution in [3.8, 4) is 5.75 Å². The van der Waals surface area contributed by atoms with Gasteiger partial charge in [0.15, 0.2) is 5.96 Å². The molecule has 9 atom stereocenters. The number of aliphatic hydroxyl groups excluding tert-OH is 1. The lowest BCUT2D eigenvalue weighted by molar-refractivity contribution is -0.136. The molecule has 17 N–H and O–H groups in total. The zero-order valence-corrected chi connectivity index (χ0v) is 51.1. The second-order valence-corrected chi connectivity index (χ2v) is 23.0. The molecule has 10 amide bonds. The third-order valence-electron chi connectivity index (χ3n) is 14.8. The molecule has 2 fully saturated rings. The Morgan fingerprint density at radius 3 is 1.83 bits per heavy atom. The third kappa shape index (κ3) is 22.0. The number of phenols is 1. The summed E-state index contributed by atoms with van der Waals surface area (Å²) in [7, 11) is 1.60. The molecule has 28 nitrogen and oxygen atoms in total. The van der Waals surface area contributed by atoms with E-state index in [9.17, 15) is 58.2 Å². The number of benzene rings is 2. The molecular formula is C60H88N16O12. The fraction of sp³-hybridized carbons (Fsp3) is 0.533. The molecule has 0 bridgehead atoms. The van der Waals surface area contributed by atoms with Crippen LogP contribution in [0.3, 0.4) is 0 Å². The molecule has 6 rings (SSSR count). The number of fused-ring (bicyclic) bond motifs is 1. The molecule has 4 aromatic rings. The van der Waals surface area contributed by atoms with E-state index < -0.39 is 90.3 Å². The average Bonchev–Trinajstić information content (AvgIpc) is 2.50. The van der Waals surface area contributed by atoms with Crippen molar-refractivity contribution in [3.63, 3.8) is 0 Å². The largest absolute Gasteiger partial charge is 0.508 e. The first-order valence-corrected chi connectivity index (χ1v) is 29.7. The fourth-order valence-corrected chi connectivity index (χ4v) is 10.3. The number of likely N-dealkylation sites (N-methyl/N-ethyl adjacent to an activating group) is 1. The van der Waals surface area contributed by atoms with E-state index in [-0.39, 0.29) is 98.3 Å². The maximum atomic E-state index is 14.5. The highest BCUT2D eigenvalue weighted by Crippen LogP contribution is 2.21. The number of hydrogen-bond acceptors (Lipinski definition) is 14. The number of carbonyl (C=O) groups excluding carboxylic acids is 10. The first kappa shape index (κ1) is 69.7. The van der Waals surface area contributed by atoms with Crippen molar-refractivity contribution in [1.29, 1.82) is 0 Å². The van der Waals surface area contributed by atoms with Gasteiger partial charge < -0.3 is 84.4 Å². The molecule has 0 radical (unpaired) electrons. The molecule has 28 heteroatoms. The Kier molecular flexibility index (Phi) is 27.2. The molecule has 2 saturated heterocycles. The monoisotopic (exact) mass is 1220 g/mol.